The summed E-state index contributed by atoms with van der Waals surface area (Å²) < 4.78 is 6.72. The second kappa shape index (κ2) is 6.52. The summed E-state index contributed by atoms with van der Waals surface area (Å²) in [6, 6.07) is 19.1. The summed E-state index contributed by atoms with van der Waals surface area (Å²) in [6.07, 6.45) is 0.783. The number of methoxy groups -OCH3 is 1. The first-order valence-corrected chi connectivity index (χ1v) is 8.55. The van der Waals surface area contributed by atoms with E-state index >= 15 is 0 Å². The quantitative estimate of drug-likeness (QED) is 0.610. The molecular weight excluding hydrogens is 326 g/mol. The highest BCUT2D eigenvalue weighted by Gasteiger charge is 2.16. The van der Waals surface area contributed by atoms with Crippen LogP contribution in [0.2, 0.25) is 0 Å². The van der Waals surface area contributed by atoms with E-state index in [1.165, 1.54) is 4.52 Å². The van der Waals surface area contributed by atoms with Crippen molar-refractivity contribution in [3.63, 3.8) is 0 Å². The highest BCUT2D eigenvalue weighted by atomic mass is 16.5. The van der Waals surface area contributed by atoms with Crippen molar-refractivity contribution in [3.05, 3.63) is 76.7 Å². The molecule has 5 heteroatoms. The molecule has 26 heavy (non-hydrogen) atoms. The lowest BCUT2D eigenvalue weighted by molar-refractivity contribution is 0.415. The maximum atomic E-state index is 12.7. The molecule has 4 rings (SSSR count). The van der Waals surface area contributed by atoms with Gasteiger partial charge in [0.15, 0.2) is 5.65 Å². The van der Waals surface area contributed by atoms with Gasteiger partial charge in [-0.1, -0.05) is 37.3 Å². The third kappa shape index (κ3) is 2.67. The summed E-state index contributed by atoms with van der Waals surface area (Å²) in [5, 5.41) is 3.20. The smallest absolute Gasteiger partial charge is 0.273 e. The zero-order chi connectivity index (χ0) is 18.1. The summed E-state index contributed by atoms with van der Waals surface area (Å²) in [5.74, 6) is 0.770. The number of aryl methyl sites for hydroxylation is 1. The van der Waals surface area contributed by atoms with Gasteiger partial charge in [0.2, 0.25) is 0 Å². The Bertz CT molecular complexity index is 1110. The van der Waals surface area contributed by atoms with Crippen molar-refractivity contribution in [2.45, 2.75) is 13.3 Å². The van der Waals surface area contributed by atoms with E-state index in [-0.39, 0.29) is 5.56 Å². The largest absolute Gasteiger partial charge is 0.497 e. The van der Waals surface area contributed by atoms with Crippen LogP contribution in [0.4, 0.5) is 0 Å². The van der Waals surface area contributed by atoms with Crippen molar-refractivity contribution < 1.29 is 4.74 Å². The number of H-pyrrole nitrogens is 1. The highest BCUT2D eigenvalue weighted by molar-refractivity contribution is 5.81. The number of rotatable bonds is 4. The van der Waals surface area contributed by atoms with Gasteiger partial charge in [0, 0.05) is 22.9 Å². The van der Waals surface area contributed by atoms with E-state index in [9.17, 15) is 4.79 Å². The van der Waals surface area contributed by atoms with Crippen LogP contribution in [0.3, 0.4) is 0 Å². The molecule has 0 unspecified atom stereocenters. The van der Waals surface area contributed by atoms with Gasteiger partial charge >= 0.3 is 0 Å². The Morgan fingerprint density at radius 3 is 2.42 bits per heavy atom. The molecule has 2 aromatic heterocycles. The standard InChI is InChI=1S/C21H19N3O2/c1-3-17-20(15-7-5-4-6-8-15)21-22-18(13-19(25)24(21)23-17)14-9-11-16(26-2)12-10-14/h4-13,23H,3H2,1-2H3. The normalized spacial score (nSPS) is 11.0. The molecule has 0 aliphatic heterocycles. The summed E-state index contributed by atoms with van der Waals surface area (Å²) in [4.78, 5) is 17.5. The van der Waals surface area contributed by atoms with E-state index in [0.29, 0.717) is 11.3 Å². The lowest BCUT2D eigenvalue weighted by Crippen LogP contribution is -2.14. The molecule has 0 amide bonds. The number of benzene rings is 2. The molecule has 0 fully saturated rings. The van der Waals surface area contributed by atoms with E-state index in [0.717, 1.165) is 34.6 Å². The molecule has 2 aromatic carbocycles. The fraction of sp³-hybridized carbons (Fsp3) is 0.143. The SMILES string of the molecule is CCc1[nH]n2c(=O)cc(-c3ccc(OC)cc3)nc2c1-c1ccccc1. The molecule has 0 atom stereocenters. The van der Waals surface area contributed by atoms with Crippen molar-refractivity contribution in [1.82, 2.24) is 14.6 Å². The Morgan fingerprint density at radius 2 is 1.77 bits per heavy atom. The third-order valence-corrected chi connectivity index (χ3v) is 4.49. The van der Waals surface area contributed by atoms with Gasteiger partial charge in [-0.05, 0) is 36.2 Å². The minimum atomic E-state index is -0.127. The van der Waals surface area contributed by atoms with Gasteiger partial charge in [-0.15, -0.1) is 0 Å². The van der Waals surface area contributed by atoms with Crippen LogP contribution in [-0.4, -0.2) is 21.7 Å². The number of nitrogens with zero attached hydrogens (tertiary/aromatic N) is 2. The summed E-state index contributed by atoms with van der Waals surface area (Å²) in [6.45, 7) is 2.06. The van der Waals surface area contributed by atoms with Crippen LogP contribution >= 0.6 is 0 Å². The molecular formula is C21H19N3O2. The Balaban J connectivity index is 1.96. The molecule has 0 spiro atoms. The van der Waals surface area contributed by atoms with E-state index in [1.54, 1.807) is 13.2 Å². The first-order chi connectivity index (χ1) is 12.7. The van der Waals surface area contributed by atoms with E-state index < -0.39 is 0 Å². The number of hydrogen-bond donors (Lipinski definition) is 1. The molecule has 4 aromatic rings. The van der Waals surface area contributed by atoms with E-state index in [2.05, 4.69) is 12.0 Å². The second-order valence-electron chi connectivity index (χ2n) is 6.05. The highest BCUT2D eigenvalue weighted by Crippen LogP contribution is 2.28. The van der Waals surface area contributed by atoms with E-state index in [1.807, 2.05) is 54.6 Å². The van der Waals surface area contributed by atoms with Crippen LogP contribution in [-0.2, 0) is 6.42 Å². The predicted molar refractivity (Wildman–Crippen MR) is 103 cm³/mol. The van der Waals surface area contributed by atoms with Crippen LogP contribution in [0.5, 0.6) is 5.75 Å². The van der Waals surface area contributed by atoms with Crippen LogP contribution in [0.25, 0.3) is 28.0 Å². The minimum Gasteiger partial charge on any atom is -0.497 e. The third-order valence-electron chi connectivity index (χ3n) is 4.49. The lowest BCUT2D eigenvalue weighted by atomic mass is 10.0. The summed E-state index contributed by atoms with van der Waals surface area (Å²) >= 11 is 0. The monoisotopic (exact) mass is 345 g/mol. The number of hydrogen-bond acceptors (Lipinski definition) is 3. The maximum absolute atomic E-state index is 12.7. The van der Waals surface area contributed by atoms with Gasteiger partial charge in [0.25, 0.3) is 5.56 Å². The number of nitrogens with one attached hydrogen (secondary N) is 1. The molecule has 0 radical (unpaired) electrons. The Labute approximate surface area is 150 Å². The Kier molecular flexibility index (Phi) is 4.05. The lowest BCUT2D eigenvalue weighted by Gasteiger charge is -2.05. The first kappa shape index (κ1) is 16.1. The van der Waals surface area contributed by atoms with Crippen LogP contribution < -0.4 is 10.3 Å². The average molecular weight is 345 g/mol. The van der Waals surface area contributed by atoms with Crippen LogP contribution in [0.1, 0.15) is 12.6 Å². The van der Waals surface area contributed by atoms with Crippen molar-refractivity contribution >= 4 is 5.65 Å². The van der Waals surface area contributed by atoms with Crippen LogP contribution in [0, 0.1) is 0 Å². The molecule has 130 valence electrons. The number of fused-ring (bicyclic) bond motifs is 1. The van der Waals surface area contributed by atoms with Gasteiger partial charge in [-0.2, -0.15) is 0 Å². The van der Waals surface area contributed by atoms with E-state index in [4.69, 9.17) is 9.72 Å². The number of ether oxygens (including phenoxy) is 1. The molecule has 0 bridgehead atoms. The Hall–Kier alpha value is -3.34. The molecule has 5 nitrogen and oxygen atoms in total. The van der Waals surface area contributed by atoms with Gasteiger partial charge < -0.3 is 4.74 Å². The average Bonchev–Trinajstić information content (AvgIpc) is 3.08. The molecule has 0 aliphatic carbocycles. The molecule has 0 saturated heterocycles. The van der Waals surface area contributed by atoms with Crippen LogP contribution in [0.15, 0.2) is 65.5 Å². The van der Waals surface area contributed by atoms with Gasteiger partial charge in [0.05, 0.1) is 12.8 Å². The topological polar surface area (TPSA) is 59.4 Å². The minimum absolute atomic E-state index is 0.127. The number of aromatic amines is 1. The van der Waals surface area contributed by atoms with Crippen molar-refractivity contribution in [1.29, 1.82) is 0 Å². The zero-order valence-corrected chi connectivity index (χ0v) is 14.7. The molecule has 2 heterocycles. The zero-order valence-electron chi connectivity index (χ0n) is 14.7. The van der Waals surface area contributed by atoms with Crippen molar-refractivity contribution in [3.8, 4) is 28.1 Å². The first-order valence-electron chi connectivity index (χ1n) is 8.55. The fourth-order valence-corrected chi connectivity index (χ4v) is 3.16. The van der Waals surface area contributed by atoms with Crippen molar-refractivity contribution in [2.75, 3.05) is 7.11 Å². The molecule has 1 N–H and O–H groups in total. The molecule has 0 aliphatic rings. The van der Waals surface area contributed by atoms with Crippen molar-refractivity contribution in [2.24, 2.45) is 0 Å². The predicted octanol–water partition coefficient (Wildman–Crippen LogP) is 3.93. The fourth-order valence-electron chi connectivity index (χ4n) is 3.16. The van der Waals surface area contributed by atoms with Gasteiger partial charge in [0.1, 0.15) is 5.75 Å². The Morgan fingerprint density at radius 1 is 1.04 bits per heavy atom. The van der Waals surface area contributed by atoms with Gasteiger partial charge in [-0.25, -0.2) is 9.50 Å². The maximum Gasteiger partial charge on any atom is 0.273 e. The summed E-state index contributed by atoms with van der Waals surface area (Å²) in [7, 11) is 1.63. The molecule has 0 saturated carbocycles. The number of aromatic nitrogens is 3. The second-order valence-corrected chi connectivity index (χ2v) is 6.05. The summed E-state index contributed by atoms with van der Waals surface area (Å²) in [5.41, 5.74) is 5.05. The van der Waals surface area contributed by atoms with Gasteiger partial charge in [-0.3, -0.25) is 9.89 Å².